The van der Waals surface area contributed by atoms with Crippen LogP contribution < -0.4 is 5.56 Å². The molecule has 0 radical (unpaired) electrons. The zero-order chi connectivity index (χ0) is 20.0. The van der Waals surface area contributed by atoms with Gasteiger partial charge in [0.2, 0.25) is 0 Å². The van der Waals surface area contributed by atoms with E-state index in [-0.39, 0.29) is 5.56 Å². The highest BCUT2D eigenvalue weighted by atomic mass is 32.1. The third-order valence-electron chi connectivity index (χ3n) is 5.14. The van der Waals surface area contributed by atoms with Gasteiger partial charge in [0.1, 0.15) is 10.9 Å². The van der Waals surface area contributed by atoms with Gasteiger partial charge in [-0.15, -0.1) is 11.3 Å². The molecule has 0 N–H and O–H groups in total. The Morgan fingerprint density at radius 1 is 1.17 bits per heavy atom. The Bertz CT molecular complexity index is 1470. The van der Waals surface area contributed by atoms with Crippen LogP contribution in [0.3, 0.4) is 0 Å². The molecule has 140 valence electrons. The highest BCUT2D eigenvalue weighted by molar-refractivity contribution is 7.17. The second kappa shape index (κ2) is 6.73. The average molecular weight is 396 g/mol. The second-order valence-electron chi connectivity index (χ2n) is 7.01. The lowest BCUT2D eigenvalue weighted by atomic mass is 10.1. The lowest BCUT2D eigenvalue weighted by Crippen LogP contribution is -2.21. The first kappa shape index (κ1) is 17.4. The normalized spacial score (nSPS) is 11.2. The van der Waals surface area contributed by atoms with Gasteiger partial charge in [0.15, 0.2) is 0 Å². The first-order chi connectivity index (χ1) is 14.2. The van der Waals surface area contributed by atoms with Crippen molar-refractivity contribution in [3.8, 4) is 17.2 Å². The van der Waals surface area contributed by atoms with Crippen LogP contribution in [0.1, 0.15) is 16.7 Å². The largest absolute Gasteiger partial charge is 0.322 e. The van der Waals surface area contributed by atoms with Crippen molar-refractivity contribution in [2.75, 3.05) is 0 Å². The fraction of sp³-hybridized carbons (Fsp3) is 0.0870. The smallest absolute Gasteiger partial charge is 0.263 e. The SMILES string of the molecule is Cc1ccc(-c2csc3ncn(Cc4cn5ccccc5c4C#N)c(=O)c23)cc1. The predicted octanol–water partition coefficient (Wildman–Crippen LogP) is 4.61. The highest BCUT2D eigenvalue weighted by Gasteiger charge is 2.16. The fourth-order valence-corrected chi connectivity index (χ4v) is 4.54. The van der Waals surface area contributed by atoms with Gasteiger partial charge in [-0.1, -0.05) is 35.9 Å². The lowest BCUT2D eigenvalue weighted by molar-refractivity contribution is 0.748. The Morgan fingerprint density at radius 2 is 2.00 bits per heavy atom. The maximum absolute atomic E-state index is 13.3. The van der Waals surface area contributed by atoms with E-state index in [2.05, 4.69) is 11.1 Å². The Morgan fingerprint density at radius 3 is 2.79 bits per heavy atom. The first-order valence-corrected chi connectivity index (χ1v) is 10.1. The third-order valence-corrected chi connectivity index (χ3v) is 6.02. The quantitative estimate of drug-likeness (QED) is 0.447. The molecule has 5 nitrogen and oxygen atoms in total. The zero-order valence-corrected chi connectivity index (χ0v) is 16.5. The molecule has 0 saturated carbocycles. The van der Waals surface area contributed by atoms with E-state index in [1.165, 1.54) is 16.9 Å². The number of aromatic nitrogens is 3. The summed E-state index contributed by atoms with van der Waals surface area (Å²) in [7, 11) is 0. The van der Waals surface area contributed by atoms with Crippen LogP contribution in [-0.2, 0) is 6.54 Å². The van der Waals surface area contributed by atoms with Crippen molar-refractivity contribution >= 4 is 27.1 Å². The van der Waals surface area contributed by atoms with Gasteiger partial charge in [0, 0.05) is 28.9 Å². The summed E-state index contributed by atoms with van der Waals surface area (Å²) < 4.78 is 3.50. The standard InChI is InChI=1S/C23H16N4OS/c1-15-5-7-16(8-6-15)19-13-29-22-21(19)23(28)27(14-25-22)12-17-11-26-9-3-2-4-20(26)18(17)10-24/h2-9,11,13-14H,12H2,1H3. The Hall–Kier alpha value is -3.69. The van der Waals surface area contributed by atoms with Gasteiger partial charge < -0.3 is 4.40 Å². The summed E-state index contributed by atoms with van der Waals surface area (Å²) in [6, 6.07) is 16.1. The predicted molar refractivity (Wildman–Crippen MR) is 115 cm³/mol. The number of benzene rings is 1. The monoisotopic (exact) mass is 396 g/mol. The van der Waals surface area contributed by atoms with Gasteiger partial charge in [-0.25, -0.2) is 4.98 Å². The van der Waals surface area contributed by atoms with Crippen LogP contribution in [-0.4, -0.2) is 14.0 Å². The molecule has 0 aliphatic carbocycles. The summed E-state index contributed by atoms with van der Waals surface area (Å²) in [5.74, 6) is 0. The van der Waals surface area contributed by atoms with Crippen molar-refractivity contribution in [3.05, 3.63) is 93.6 Å². The number of aryl methyl sites for hydroxylation is 1. The lowest BCUT2D eigenvalue weighted by Gasteiger charge is -2.06. The van der Waals surface area contributed by atoms with Crippen LogP contribution in [0, 0.1) is 18.3 Å². The van der Waals surface area contributed by atoms with Crippen LogP contribution in [0.4, 0.5) is 0 Å². The van der Waals surface area contributed by atoms with Crippen LogP contribution in [0.15, 0.2) is 71.4 Å². The molecule has 0 atom stereocenters. The van der Waals surface area contributed by atoms with Crippen molar-refractivity contribution in [2.24, 2.45) is 0 Å². The molecule has 5 rings (SSSR count). The molecule has 6 heteroatoms. The van der Waals surface area contributed by atoms with E-state index in [9.17, 15) is 10.1 Å². The van der Waals surface area contributed by atoms with Crippen molar-refractivity contribution in [1.29, 1.82) is 5.26 Å². The summed E-state index contributed by atoms with van der Waals surface area (Å²) >= 11 is 1.47. The van der Waals surface area contributed by atoms with Crippen molar-refractivity contribution in [3.63, 3.8) is 0 Å². The van der Waals surface area contributed by atoms with E-state index < -0.39 is 0 Å². The molecule has 0 aliphatic heterocycles. The van der Waals surface area contributed by atoms with E-state index in [0.29, 0.717) is 17.5 Å². The molecule has 0 amide bonds. The van der Waals surface area contributed by atoms with Crippen LogP contribution >= 0.6 is 11.3 Å². The van der Waals surface area contributed by atoms with Gasteiger partial charge >= 0.3 is 0 Å². The van der Waals surface area contributed by atoms with Gasteiger partial charge in [-0.3, -0.25) is 9.36 Å². The minimum absolute atomic E-state index is 0.0917. The zero-order valence-electron chi connectivity index (χ0n) is 15.7. The van der Waals surface area contributed by atoms with Gasteiger partial charge in [0.25, 0.3) is 5.56 Å². The Kier molecular flexibility index (Phi) is 4.04. The molecule has 0 saturated heterocycles. The second-order valence-corrected chi connectivity index (χ2v) is 7.87. The molecule has 0 unspecified atom stereocenters. The number of hydrogen-bond acceptors (Lipinski definition) is 4. The average Bonchev–Trinajstić information content (AvgIpc) is 3.32. The number of fused-ring (bicyclic) bond motifs is 2. The van der Waals surface area contributed by atoms with E-state index in [0.717, 1.165) is 27.0 Å². The first-order valence-electron chi connectivity index (χ1n) is 9.18. The Balaban J connectivity index is 1.65. The minimum atomic E-state index is -0.0917. The molecule has 0 fully saturated rings. The maximum atomic E-state index is 13.3. The third kappa shape index (κ3) is 2.84. The molecule has 4 heterocycles. The number of rotatable bonds is 3. The summed E-state index contributed by atoms with van der Waals surface area (Å²) in [5, 5.41) is 12.3. The number of thiophene rings is 1. The van der Waals surface area contributed by atoms with Gasteiger partial charge in [-0.05, 0) is 24.6 Å². The molecule has 1 aromatic carbocycles. The number of nitriles is 1. The van der Waals surface area contributed by atoms with E-state index in [4.69, 9.17) is 0 Å². The number of pyridine rings is 1. The van der Waals surface area contributed by atoms with Crippen molar-refractivity contribution in [2.45, 2.75) is 13.5 Å². The number of hydrogen-bond donors (Lipinski definition) is 0. The molecular weight excluding hydrogens is 380 g/mol. The molecule has 29 heavy (non-hydrogen) atoms. The van der Waals surface area contributed by atoms with Crippen LogP contribution in [0.25, 0.3) is 26.9 Å². The van der Waals surface area contributed by atoms with Crippen molar-refractivity contribution in [1.82, 2.24) is 14.0 Å². The number of nitrogens with zero attached hydrogens (tertiary/aromatic N) is 4. The summed E-state index contributed by atoms with van der Waals surface area (Å²) in [6.07, 6.45) is 5.38. The molecular formula is C23H16N4OS. The van der Waals surface area contributed by atoms with E-state index >= 15 is 0 Å². The fourth-order valence-electron chi connectivity index (χ4n) is 3.64. The highest BCUT2D eigenvalue weighted by Crippen LogP contribution is 2.31. The van der Waals surface area contributed by atoms with Crippen LogP contribution in [0.5, 0.6) is 0 Å². The summed E-state index contributed by atoms with van der Waals surface area (Å²) in [5.41, 5.74) is 5.21. The Labute approximate surface area is 170 Å². The topological polar surface area (TPSA) is 63.1 Å². The van der Waals surface area contributed by atoms with Gasteiger partial charge in [-0.2, -0.15) is 5.26 Å². The molecule has 5 aromatic rings. The van der Waals surface area contributed by atoms with E-state index in [1.54, 1.807) is 10.9 Å². The molecule has 0 bridgehead atoms. The van der Waals surface area contributed by atoms with Gasteiger partial charge in [0.05, 0.1) is 29.3 Å². The van der Waals surface area contributed by atoms with Crippen LogP contribution in [0.2, 0.25) is 0 Å². The molecule has 0 aliphatic rings. The molecule has 4 aromatic heterocycles. The summed E-state index contributed by atoms with van der Waals surface area (Å²) in [6.45, 7) is 2.34. The molecule has 0 spiro atoms. The maximum Gasteiger partial charge on any atom is 0.263 e. The van der Waals surface area contributed by atoms with E-state index in [1.807, 2.05) is 71.6 Å². The van der Waals surface area contributed by atoms with Crippen molar-refractivity contribution < 1.29 is 0 Å². The minimum Gasteiger partial charge on any atom is -0.322 e. The summed E-state index contributed by atoms with van der Waals surface area (Å²) in [4.78, 5) is 18.5.